The molecule has 0 unspecified atom stereocenters. The zero-order valence-electron chi connectivity index (χ0n) is 16.5. The number of anilines is 3. The molecule has 2 aromatic rings. The molecule has 0 bridgehead atoms. The maximum absolute atomic E-state index is 12.3. The normalized spacial score (nSPS) is 10.1. The maximum Gasteiger partial charge on any atom is 0.226 e. The Morgan fingerprint density at radius 2 is 1.57 bits per heavy atom. The molecular formula is C21H25N3O4. The Labute approximate surface area is 164 Å². The predicted octanol–water partition coefficient (Wildman–Crippen LogP) is 3.34. The fourth-order valence-corrected chi connectivity index (χ4v) is 2.74. The number of nitrogens with one attached hydrogen (secondary N) is 2. The molecule has 0 saturated heterocycles. The molecule has 148 valence electrons. The Morgan fingerprint density at radius 3 is 2.11 bits per heavy atom. The molecule has 0 atom stereocenters. The van der Waals surface area contributed by atoms with Gasteiger partial charge in [0.15, 0.2) is 0 Å². The topological polar surface area (TPSA) is 87.7 Å². The Hall–Kier alpha value is -3.35. The number of methoxy groups -OCH3 is 1. The summed E-state index contributed by atoms with van der Waals surface area (Å²) in [6.07, 6.45) is 0.129. The standard InChI is InChI=1S/C21H25N3O4/c1-14-5-10-20(28-4)19(13-14)24(16(3)26)12-11-21(27)23-18-8-6-17(7-9-18)22-15(2)25/h5-10,13H,11-12H2,1-4H3,(H,22,25)(H,23,27). The van der Waals surface area contributed by atoms with Crippen molar-refractivity contribution in [2.45, 2.75) is 27.2 Å². The van der Waals surface area contributed by atoms with Crippen LogP contribution >= 0.6 is 0 Å². The second kappa shape index (κ2) is 9.55. The van der Waals surface area contributed by atoms with Gasteiger partial charge in [-0.05, 0) is 48.9 Å². The summed E-state index contributed by atoms with van der Waals surface area (Å²) in [4.78, 5) is 37.0. The van der Waals surface area contributed by atoms with E-state index in [1.54, 1.807) is 37.4 Å². The monoisotopic (exact) mass is 383 g/mol. The summed E-state index contributed by atoms with van der Waals surface area (Å²) in [6, 6.07) is 12.4. The number of hydrogen-bond donors (Lipinski definition) is 2. The molecule has 0 radical (unpaired) electrons. The third-order valence-electron chi connectivity index (χ3n) is 4.06. The van der Waals surface area contributed by atoms with Crippen molar-refractivity contribution in [2.24, 2.45) is 0 Å². The molecule has 0 spiro atoms. The van der Waals surface area contributed by atoms with Gasteiger partial charge in [0.05, 0.1) is 12.8 Å². The van der Waals surface area contributed by atoms with Crippen LogP contribution in [-0.4, -0.2) is 31.4 Å². The molecule has 0 heterocycles. The van der Waals surface area contributed by atoms with Crippen LogP contribution in [-0.2, 0) is 14.4 Å². The van der Waals surface area contributed by atoms with Crippen LogP contribution < -0.4 is 20.3 Å². The second-order valence-corrected chi connectivity index (χ2v) is 6.40. The Kier molecular flexibility index (Phi) is 7.14. The van der Waals surface area contributed by atoms with Gasteiger partial charge in [0, 0.05) is 38.2 Å². The summed E-state index contributed by atoms with van der Waals surface area (Å²) >= 11 is 0. The van der Waals surface area contributed by atoms with Crippen LogP contribution in [0.2, 0.25) is 0 Å². The van der Waals surface area contributed by atoms with Gasteiger partial charge in [0.2, 0.25) is 17.7 Å². The summed E-state index contributed by atoms with van der Waals surface area (Å²) in [5.74, 6) is 0.0314. The minimum Gasteiger partial charge on any atom is -0.495 e. The summed E-state index contributed by atoms with van der Waals surface area (Å²) in [5, 5.41) is 5.45. The van der Waals surface area contributed by atoms with Gasteiger partial charge in [-0.2, -0.15) is 0 Å². The molecule has 28 heavy (non-hydrogen) atoms. The van der Waals surface area contributed by atoms with E-state index in [1.807, 2.05) is 19.1 Å². The first-order valence-electron chi connectivity index (χ1n) is 8.90. The minimum absolute atomic E-state index is 0.129. The zero-order chi connectivity index (χ0) is 20.7. The zero-order valence-corrected chi connectivity index (χ0v) is 16.5. The lowest BCUT2D eigenvalue weighted by Gasteiger charge is -2.23. The Bertz CT molecular complexity index is 862. The van der Waals surface area contributed by atoms with Gasteiger partial charge >= 0.3 is 0 Å². The van der Waals surface area contributed by atoms with Crippen molar-refractivity contribution < 1.29 is 19.1 Å². The molecule has 0 aliphatic rings. The number of ether oxygens (including phenoxy) is 1. The summed E-state index contributed by atoms with van der Waals surface area (Å²) in [6.45, 7) is 5.05. The third-order valence-corrected chi connectivity index (χ3v) is 4.06. The van der Waals surface area contributed by atoms with E-state index in [2.05, 4.69) is 10.6 Å². The summed E-state index contributed by atoms with van der Waals surface area (Å²) in [5.41, 5.74) is 2.90. The molecular weight excluding hydrogens is 358 g/mol. The highest BCUT2D eigenvalue weighted by Gasteiger charge is 2.17. The van der Waals surface area contributed by atoms with E-state index >= 15 is 0 Å². The van der Waals surface area contributed by atoms with Crippen LogP contribution in [0, 0.1) is 6.92 Å². The summed E-state index contributed by atoms with van der Waals surface area (Å²) in [7, 11) is 1.55. The average Bonchev–Trinajstić information content (AvgIpc) is 2.63. The van der Waals surface area contributed by atoms with E-state index in [1.165, 1.54) is 18.7 Å². The van der Waals surface area contributed by atoms with E-state index < -0.39 is 0 Å². The van der Waals surface area contributed by atoms with Gasteiger partial charge in [-0.1, -0.05) is 6.07 Å². The highest BCUT2D eigenvalue weighted by molar-refractivity contribution is 5.96. The van der Waals surface area contributed by atoms with Crippen molar-refractivity contribution in [1.29, 1.82) is 0 Å². The fourth-order valence-electron chi connectivity index (χ4n) is 2.74. The first-order valence-corrected chi connectivity index (χ1v) is 8.90. The predicted molar refractivity (Wildman–Crippen MR) is 110 cm³/mol. The highest BCUT2D eigenvalue weighted by Crippen LogP contribution is 2.29. The average molecular weight is 383 g/mol. The maximum atomic E-state index is 12.3. The quantitative estimate of drug-likeness (QED) is 0.768. The summed E-state index contributed by atoms with van der Waals surface area (Å²) < 4.78 is 5.35. The van der Waals surface area contributed by atoms with Crippen LogP contribution in [0.3, 0.4) is 0 Å². The lowest BCUT2D eigenvalue weighted by Crippen LogP contribution is -2.32. The van der Waals surface area contributed by atoms with E-state index in [-0.39, 0.29) is 30.7 Å². The molecule has 2 aromatic carbocycles. The number of carbonyl (C=O) groups excluding carboxylic acids is 3. The van der Waals surface area contributed by atoms with Gasteiger partial charge in [0.25, 0.3) is 0 Å². The number of carbonyl (C=O) groups is 3. The molecule has 0 aromatic heterocycles. The molecule has 0 aliphatic heterocycles. The van der Waals surface area contributed by atoms with E-state index in [0.717, 1.165) is 5.56 Å². The highest BCUT2D eigenvalue weighted by atomic mass is 16.5. The van der Waals surface area contributed by atoms with Gasteiger partial charge in [0.1, 0.15) is 5.75 Å². The molecule has 0 saturated carbocycles. The largest absolute Gasteiger partial charge is 0.495 e. The minimum atomic E-state index is -0.217. The molecule has 7 heteroatoms. The van der Waals surface area contributed by atoms with Crippen molar-refractivity contribution in [3.8, 4) is 5.75 Å². The number of amides is 3. The van der Waals surface area contributed by atoms with Crippen molar-refractivity contribution in [2.75, 3.05) is 29.2 Å². The van der Waals surface area contributed by atoms with Crippen LogP contribution in [0.25, 0.3) is 0 Å². The fraction of sp³-hybridized carbons (Fsp3) is 0.286. The molecule has 7 nitrogen and oxygen atoms in total. The van der Waals surface area contributed by atoms with Gasteiger partial charge < -0.3 is 20.3 Å². The number of nitrogens with zero attached hydrogens (tertiary/aromatic N) is 1. The van der Waals surface area contributed by atoms with Crippen molar-refractivity contribution in [1.82, 2.24) is 0 Å². The Morgan fingerprint density at radius 1 is 0.964 bits per heavy atom. The van der Waals surface area contributed by atoms with E-state index in [4.69, 9.17) is 4.74 Å². The van der Waals surface area contributed by atoms with Crippen molar-refractivity contribution in [3.63, 3.8) is 0 Å². The molecule has 0 fully saturated rings. The molecule has 2 rings (SSSR count). The molecule has 3 amide bonds. The van der Waals surface area contributed by atoms with Gasteiger partial charge in [-0.15, -0.1) is 0 Å². The van der Waals surface area contributed by atoms with Crippen LogP contribution in [0.4, 0.5) is 17.1 Å². The molecule has 0 aliphatic carbocycles. The molecule has 2 N–H and O–H groups in total. The van der Waals surface area contributed by atoms with E-state index in [9.17, 15) is 14.4 Å². The SMILES string of the molecule is COc1ccc(C)cc1N(CCC(=O)Nc1ccc(NC(C)=O)cc1)C(C)=O. The Balaban J connectivity index is 2.02. The number of benzene rings is 2. The van der Waals surface area contributed by atoms with Crippen molar-refractivity contribution >= 4 is 34.8 Å². The van der Waals surface area contributed by atoms with E-state index in [0.29, 0.717) is 22.8 Å². The lowest BCUT2D eigenvalue weighted by atomic mass is 10.1. The second-order valence-electron chi connectivity index (χ2n) is 6.40. The van der Waals surface area contributed by atoms with Crippen molar-refractivity contribution in [3.05, 3.63) is 48.0 Å². The smallest absolute Gasteiger partial charge is 0.226 e. The van der Waals surface area contributed by atoms with Crippen LogP contribution in [0.1, 0.15) is 25.8 Å². The number of hydrogen-bond acceptors (Lipinski definition) is 4. The number of rotatable bonds is 7. The van der Waals surface area contributed by atoms with Crippen LogP contribution in [0.15, 0.2) is 42.5 Å². The van der Waals surface area contributed by atoms with Gasteiger partial charge in [-0.3, -0.25) is 14.4 Å². The first kappa shape index (κ1) is 21.0. The third kappa shape index (κ3) is 5.84. The lowest BCUT2D eigenvalue weighted by molar-refractivity contribution is -0.117. The number of aryl methyl sites for hydroxylation is 1. The first-order chi connectivity index (χ1) is 13.3. The van der Waals surface area contributed by atoms with Crippen LogP contribution in [0.5, 0.6) is 5.75 Å². The van der Waals surface area contributed by atoms with Gasteiger partial charge in [-0.25, -0.2) is 0 Å².